The molecule has 121 valence electrons. The highest BCUT2D eigenvalue weighted by Crippen LogP contribution is 2.48. The second-order valence-electron chi connectivity index (χ2n) is 6.77. The fourth-order valence-corrected chi connectivity index (χ4v) is 3.02. The summed E-state index contributed by atoms with van der Waals surface area (Å²) in [5.74, 6) is 1.33. The predicted octanol–water partition coefficient (Wildman–Crippen LogP) is 3.79. The summed E-state index contributed by atoms with van der Waals surface area (Å²) in [5, 5.41) is 18.4. The van der Waals surface area contributed by atoms with Crippen molar-refractivity contribution < 1.29 is 9.31 Å². The molecule has 2 fully saturated rings. The molecule has 4 nitrogen and oxygen atoms in total. The Morgan fingerprint density at radius 2 is 1.04 bits per heavy atom. The minimum Gasteiger partial charge on any atom is -0.526 e. The Kier molecular flexibility index (Phi) is 3.66. The van der Waals surface area contributed by atoms with Crippen LogP contribution in [-0.4, -0.2) is 7.69 Å². The molecule has 0 spiro atoms. The highest BCUT2D eigenvalue weighted by Gasteiger charge is 2.45. The van der Waals surface area contributed by atoms with Gasteiger partial charge in [-0.25, -0.2) is 0 Å². The van der Waals surface area contributed by atoms with Crippen LogP contribution in [0.4, 0.5) is 0 Å². The van der Waals surface area contributed by atoms with Crippen molar-refractivity contribution in [3.8, 4) is 23.6 Å². The van der Waals surface area contributed by atoms with Crippen LogP contribution in [0.2, 0.25) is 0 Å². The molecule has 25 heavy (non-hydrogen) atoms. The van der Waals surface area contributed by atoms with E-state index >= 15 is 0 Å². The standard InChI is InChI=1S/C20H16BN2O2/c22-13-19(9-10-19)15-1-5-17(6-2-15)24-21-25-18-7-3-16(4-8-18)20(14-23)11-12-20/h1-8H,9-12H2. The molecular weight excluding hydrogens is 311 g/mol. The number of hydrogen-bond donors (Lipinski definition) is 0. The molecule has 1 radical (unpaired) electrons. The van der Waals surface area contributed by atoms with Crippen molar-refractivity contribution >= 4 is 7.69 Å². The molecular formula is C20H16BN2O2. The molecule has 0 atom stereocenters. The van der Waals surface area contributed by atoms with Gasteiger partial charge in [0.05, 0.1) is 23.0 Å². The molecule has 4 rings (SSSR count). The minimum absolute atomic E-state index is 0.275. The molecule has 0 aromatic heterocycles. The van der Waals surface area contributed by atoms with Crippen LogP contribution in [0.3, 0.4) is 0 Å². The van der Waals surface area contributed by atoms with Crippen molar-refractivity contribution in [2.24, 2.45) is 0 Å². The first-order chi connectivity index (χ1) is 12.2. The van der Waals surface area contributed by atoms with E-state index in [1.807, 2.05) is 48.5 Å². The molecule has 0 unspecified atom stereocenters. The van der Waals surface area contributed by atoms with Crippen LogP contribution in [0.5, 0.6) is 11.5 Å². The van der Waals surface area contributed by atoms with Gasteiger partial charge in [-0.15, -0.1) is 0 Å². The molecule has 2 aromatic carbocycles. The van der Waals surface area contributed by atoms with Gasteiger partial charge >= 0.3 is 7.69 Å². The highest BCUT2D eigenvalue weighted by atomic mass is 16.6. The Morgan fingerprint density at radius 1 is 0.680 bits per heavy atom. The maximum atomic E-state index is 9.21. The van der Waals surface area contributed by atoms with Gasteiger partial charge in [-0.1, -0.05) is 24.3 Å². The highest BCUT2D eigenvalue weighted by molar-refractivity contribution is 6.20. The molecule has 0 aliphatic heterocycles. The summed E-state index contributed by atoms with van der Waals surface area (Å²) >= 11 is 0. The van der Waals surface area contributed by atoms with Crippen LogP contribution in [0.25, 0.3) is 0 Å². The number of benzene rings is 2. The van der Waals surface area contributed by atoms with E-state index in [4.69, 9.17) is 9.31 Å². The summed E-state index contributed by atoms with van der Waals surface area (Å²) in [7, 11) is 1.29. The lowest BCUT2D eigenvalue weighted by atomic mass is 9.98. The predicted molar refractivity (Wildman–Crippen MR) is 92.9 cm³/mol. The third-order valence-corrected chi connectivity index (χ3v) is 5.11. The summed E-state index contributed by atoms with van der Waals surface area (Å²) < 4.78 is 11.0. The first-order valence-corrected chi connectivity index (χ1v) is 8.38. The second-order valence-corrected chi connectivity index (χ2v) is 6.77. The van der Waals surface area contributed by atoms with Gasteiger partial charge in [0.15, 0.2) is 0 Å². The van der Waals surface area contributed by atoms with Gasteiger partial charge in [-0.05, 0) is 61.1 Å². The molecule has 2 aliphatic rings. The van der Waals surface area contributed by atoms with E-state index in [-0.39, 0.29) is 10.8 Å². The van der Waals surface area contributed by atoms with Crippen molar-refractivity contribution in [1.29, 1.82) is 10.5 Å². The molecule has 5 heteroatoms. The summed E-state index contributed by atoms with van der Waals surface area (Å²) in [6.07, 6.45) is 3.73. The van der Waals surface area contributed by atoms with E-state index in [0.29, 0.717) is 11.5 Å². The Morgan fingerprint density at radius 3 is 1.32 bits per heavy atom. The molecule has 0 heterocycles. The molecule has 0 bridgehead atoms. The number of nitrogens with zero attached hydrogens (tertiary/aromatic N) is 2. The van der Waals surface area contributed by atoms with E-state index in [1.165, 1.54) is 7.69 Å². The average molecular weight is 327 g/mol. The first kappa shape index (κ1) is 15.6. The van der Waals surface area contributed by atoms with Crippen LogP contribution in [0.15, 0.2) is 48.5 Å². The Hall–Kier alpha value is -2.92. The van der Waals surface area contributed by atoms with Crippen molar-refractivity contribution in [3.05, 3.63) is 59.7 Å². The number of rotatable bonds is 6. The Bertz CT molecular complexity index is 781. The van der Waals surface area contributed by atoms with E-state index in [1.54, 1.807) is 0 Å². The lowest BCUT2D eigenvalue weighted by molar-refractivity contribution is 0.458. The van der Waals surface area contributed by atoms with Gasteiger partial charge in [0.2, 0.25) is 0 Å². The molecule has 2 aliphatic carbocycles. The summed E-state index contributed by atoms with van der Waals surface area (Å²) in [6.45, 7) is 0. The van der Waals surface area contributed by atoms with Gasteiger partial charge < -0.3 is 9.31 Å². The lowest BCUT2D eigenvalue weighted by Crippen LogP contribution is -2.11. The molecule has 0 saturated heterocycles. The first-order valence-electron chi connectivity index (χ1n) is 8.38. The average Bonchev–Trinajstić information content (AvgIpc) is 3.57. The van der Waals surface area contributed by atoms with Crippen molar-refractivity contribution in [1.82, 2.24) is 0 Å². The normalized spacial score (nSPS) is 18.3. The molecule has 0 amide bonds. The van der Waals surface area contributed by atoms with Gasteiger partial charge in [-0.3, -0.25) is 0 Å². The van der Waals surface area contributed by atoms with Gasteiger partial charge in [0.25, 0.3) is 0 Å². The molecule has 2 aromatic rings. The maximum Gasteiger partial charge on any atom is 0.658 e. The molecule has 2 saturated carbocycles. The topological polar surface area (TPSA) is 66.0 Å². The maximum absolute atomic E-state index is 9.21. The number of nitriles is 2. The van der Waals surface area contributed by atoms with E-state index < -0.39 is 0 Å². The second kappa shape index (κ2) is 5.86. The van der Waals surface area contributed by atoms with Crippen LogP contribution >= 0.6 is 0 Å². The summed E-state index contributed by atoms with van der Waals surface area (Å²) in [4.78, 5) is 0. The minimum atomic E-state index is -0.275. The van der Waals surface area contributed by atoms with Crippen LogP contribution < -0.4 is 9.31 Å². The Labute approximate surface area is 147 Å². The monoisotopic (exact) mass is 327 g/mol. The summed E-state index contributed by atoms with van der Waals surface area (Å²) in [5.41, 5.74) is 1.54. The zero-order valence-electron chi connectivity index (χ0n) is 13.7. The van der Waals surface area contributed by atoms with Crippen LogP contribution in [0, 0.1) is 22.7 Å². The van der Waals surface area contributed by atoms with Gasteiger partial charge in [0, 0.05) is 0 Å². The largest absolute Gasteiger partial charge is 0.658 e. The smallest absolute Gasteiger partial charge is 0.526 e. The van der Waals surface area contributed by atoms with Crippen LogP contribution in [0.1, 0.15) is 36.8 Å². The van der Waals surface area contributed by atoms with Crippen molar-refractivity contribution in [2.45, 2.75) is 36.5 Å². The quantitative estimate of drug-likeness (QED) is 0.757. The fraction of sp³-hybridized carbons (Fsp3) is 0.300. The Balaban J connectivity index is 1.31. The zero-order chi connectivity index (χ0) is 17.3. The van der Waals surface area contributed by atoms with E-state index in [2.05, 4.69) is 12.1 Å². The SMILES string of the molecule is N#CC1(c2ccc(O[B]Oc3ccc(C4(C#N)CC4)cc3)cc2)CC1. The van der Waals surface area contributed by atoms with Gasteiger partial charge in [0.1, 0.15) is 11.5 Å². The summed E-state index contributed by atoms with van der Waals surface area (Å²) in [6, 6.07) is 19.9. The fourth-order valence-electron chi connectivity index (χ4n) is 3.02. The third-order valence-electron chi connectivity index (χ3n) is 5.11. The van der Waals surface area contributed by atoms with E-state index in [9.17, 15) is 10.5 Å². The lowest BCUT2D eigenvalue weighted by Gasteiger charge is -2.10. The third kappa shape index (κ3) is 2.94. The zero-order valence-corrected chi connectivity index (χ0v) is 13.7. The van der Waals surface area contributed by atoms with Crippen LogP contribution in [-0.2, 0) is 10.8 Å². The van der Waals surface area contributed by atoms with Crippen molar-refractivity contribution in [3.63, 3.8) is 0 Å². The van der Waals surface area contributed by atoms with Crippen molar-refractivity contribution in [2.75, 3.05) is 0 Å². The van der Waals surface area contributed by atoms with E-state index in [0.717, 1.165) is 36.8 Å². The molecule has 0 N–H and O–H groups in total. The van der Waals surface area contributed by atoms with Gasteiger partial charge in [-0.2, -0.15) is 10.5 Å². The number of hydrogen-bond acceptors (Lipinski definition) is 4.